The van der Waals surface area contributed by atoms with E-state index in [1.165, 1.54) is 13.5 Å². The summed E-state index contributed by atoms with van der Waals surface area (Å²) in [6.07, 6.45) is 2.19. The van der Waals surface area contributed by atoms with Crippen LogP contribution in [-0.2, 0) is 9.53 Å². The van der Waals surface area contributed by atoms with Gasteiger partial charge in [-0.25, -0.2) is 0 Å². The molecule has 0 bridgehead atoms. The highest BCUT2D eigenvalue weighted by atomic mass is 16.5. The SMILES string of the molecule is COC(=O)C1CCN1C1CC1(C)C. The molecule has 1 heterocycles. The molecule has 2 atom stereocenters. The third-order valence-corrected chi connectivity index (χ3v) is 3.40. The summed E-state index contributed by atoms with van der Waals surface area (Å²) < 4.78 is 4.75. The topological polar surface area (TPSA) is 29.5 Å². The number of carbonyl (C=O) groups is 1. The summed E-state index contributed by atoms with van der Waals surface area (Å²) >= 11 is 0. The van der Waals surface area contributed by atoms with Gasteiger partial charge >= 0.3 is 5.97 Å². The smallest absolute Gasteiger partial charge is 0.323 e. The van der Waals surface area contributed by atoms with E-state index in [9.17, 15) is 4.79 Å². The van der Waals surface area contributed by atoms with Crippen molar-refractivity contribution in [1.29, 1.82) is 0 Å². The molecule has 3 nitrogen and oxygen atoms in total. The quantitative estimate of drug-likeness (QED) is 0.599. The Labute approximate surface area is 79.0 Å². The van der Waals surface area contributed by atoms with Crippen molar-refractivity contribution >= 4 is 5.97 Å². The molecule has 3 heteroatoms. The number of methoxy groups -OCH3 is 1. The van der Waals surface area contributed by atoms with Crippen molar-refractivity contribution in [3.63, 3.8) is 0 Å². The minimum absolute atomic E-state index is 0.0526. The van der Waals surface area contributed by atoms with E-state index in [0.717, 1.165) is 13.0 Å². The van der Waals surface area contributed by atoms with E-state index in [4.69, 9.17) is 4.74 Å². The number of hydrogen-bond donors (Lipinski definition) is 0. The second kappa shape index (κ2) is 2.71. The molecule has 0 amide bonds. The fourth-order valence-electron chi connectivity index (χ4n) is 2.18. The summed E-state index contributed by atoms with van der Waals surface area (Å²) in [6, 6.07) is 0.669. The van der Waals surface area contributed by atoms with Crippen LogP contribution >= 0.6 is 0 Å². The van der Waals surface area contributed by atoms with E-state index in [1.54, 1.807) is 0 Å². The minimum Gasteiger partial charge on any atom is -0.468 e. The fourth-order valence-corrected chi connectivity index (χ4v) is 2.18. The molecule has 2 fully saturated rings. The molecular formula is C10H17NO2. The number of carbonyl (C=O) groups excluding carboxylic acids is 1. The molecule has 0 spiro atoms. The van der Waals surface area contributed by atoms with Gasteiger partial charge in [0.1, 0.15) is 6.04 Å². The van der Waals surface area contributed by atoms with Crippen molar-refractivity contribution in [1.82, 2.24) is 4.90 Å². The lowest BCUT2D eigenvalue weighted by molar-refractivity contribution is -0.152. The molecular weight excluding hydrogens is 166 g/mol. The van der Waals surface area contributed by atoms with Crippen LogP contribution < -0.4 is 0 Å². The van der Waals surface area contributed by atoms with E-state index >= 15 is 0 Å². The van der Waals surface area contributed by atoms with Crippen LogP contribution in [0.4, 0.5) is 0 Å². The van der Waals surface area contributed by atoms with Crippen LogP contribution in [0.2, 0.25) is 0 Å². The molecule has 1 saturated heterocycles. The van der Waals surface area contributed by atoms with E-state index in [-0.39, 0.29) is 12.0 Å². The zero-order valence-electron chi connectivity index (χ0n) is 8.54. The van der Waals surface area contributed by atoms with Crippen LogP contribution in [0.1, 0.15) is 26.7 Å². The van der Waals surface area contributed by atoms with Crippen LogP contribution in [0.3, 0.4) is 0 Å². The minimum atomic E-state index is -0.0612. The summed E-state index contributed by atoms with van der Waals surface area (Å²) in [4.78, 5) is 13.6. The van der Waals surface area contributed by atoms with Crippen LogP contribution in [0.5, 0.6) is 0 Å². The first-order valence-corrected chi connectivity index (χ1v) is 4.90. The number of esters is 1. The van der Waals surface area contributed by atoms with Gasteiger partial charge in [0.2, 0.25) is 0 Å². The Morgan fingerprint density at radius 3 is 2.46 bits per heavy atom. The van der Waals surface area contributed by atoms with Crippen molar-refractivity contribution in [2.24, 2.45) is 5.41 Å². The molecule has 2 unspecified atom stereocenters. The molecule has 0 aromatic carbocycles. The van der Waals surface area contributed by atoms with E-state index in [0.29, 0.717) is 11.5 Å². The average Bonchev–Trinajstić information content (AvgIpc) is 2.57. The second-order valence-electron chi connectivity index (χ2n) is 4.77. The highest BCUT2D eigenvalue weighted by Crippen LogP contribution is 2.51. The molecule has 2 rings (SSSR count). The predicted molar refractivity (Wildman–Crippen MR) is 49.3 cm³/mol. The Kier molecular flexibility index (Phi) is 1.88. The number of nitrogens with zero attached hydrogens (tertiary/aromatic N) is 1. The van der Waals surface area contributed by atoms with Gasteiger partial charge in [0.05, 0.1) is 7.11 Å². The van der Waals surface area contributed by atoms with E-state index in [1.807, 2.05) is 0 Å². The van der Waals surface area contributed by atoms with Crippen molar-refractivity contribution in [3.05, 3.63) is 0 Å². The number of rotatable bonds is 2. The van der Waals surface area contributed by atoms with Crippen molar-refractivity contribution in [2.75, 3.05) is 13.7 Å². The molecule has 13 heavy (non-hydrogen) atoms. The lowest BCUT2D eigenvalue weighted by Gasteiger charge is -2.40. The normalized spacial score (nSPS) is 36.5. The maximum absolute atomic E-state index is 11.3. The lowest BCUT2D eigenvalue weighted by atomic mass is 10.0. The van der Waals surface area contributed by atoms with Gasteiger partial charge in [-0.1, -0.05) is 13.8 Å². The molecule has 2 aliphatic rings. The van der Waals surface area contributed by atoms with E-state index < -0.39 is 0 Å². The highest BCUT2D eigenvalue weighted by Gasteiger charge is 2.54. The van der Waals surface area contributed by atoms with Gasteiger partial charge in [-0.15, -0.1) is 0 Å². The van der Waals surface area contributed by atoms with Crippen molar-refractivity contribution in [2.45, 2.75) is 38.8 Å². The Morgan fingerprint density at radius 1 is 1.54 bits per heavy atom. The summed E-state index contributed by atoms with van der Waals surface area (Å²) in [5.41, 5.74) is 0.423. The molecule has 1 aliphatic carbocycles. The molecule has 0 aromatic heterocycles. The van der Waals surface area contributed by atoms with Crippen LogP contribution in [-0.4, -0.2) is 36.6 Å². The number of likely N-dealkylation sites (tertiary alicyclic amines) is 1. The van der Waals surface area contributed by atoms with Gasteiger partial charge in [-0.3, -0.25) is 9.69 Å². The maximum atomic E-state index is 11.3. The first-order chi connectivity index (χ1) is 6.06. The monoisotopic (exact) mass is 183 g/mol. The summed E-state index contributed by atoms with van der Waals surface area (Å²) in [5, 5.41) is 0. The molecule has 74 valence electrons. The summed E-state index contributed by atoms with van der Waals surface area (Å²) in [6.45, 7) is 5.57. The zero-order chi connectivity index (χ0) is 9.64. The third kappa shape index (κ3) is 1.35. The van der Waals surface area contributed by atoms with Crippen molar-refractivity contribution in [3.8, 4) is 0 Å². The zero-order valence-corrected chi connectivity index (χ0v) is 8.54. The van der Waals surface area contributed by atoms with Gasteiger partial charge < -0.3 is 4.74 Å². The molecule has 1 aliphatic heterocycles. The predicted octanol–water partition coefficient (Wildman–Crippen LogP) is 1.03. The molecule has 0 aromatic rings. The Morgan fingerprint density at radius 2 is 2.15 bits per heavy atom. The first kappa shape index (κ1) is 9.00. The Bertz CT molecular complexity index is 237. The second-order valence-corrected chi connectivity index (χ2v) is 4.77. The van der Waals surface area contributed by atoms with Crippen molar-refractivity contribution < 1.29 is 9.53 Å². The average molecular weight is 183 g/mol. The molecule has 1 saturated carbocycles. The van der Waals surface area contributed by atoms with E-state index in [2.05, 4.69) is 18.7 Å². The summed E-state index contributed by atoms with van der Waals surface area (Å²) in [5.74, 6) is -0.0612. The lowest BCUT2D eigenvalue weighted by Crippen LogP contribution is -2.54. The van der Waals surface area contributed by atoms with Gasteiger partial charge in [0.25, 0.3) is 0 Å². The van der Waals surface area contributed by atoms with Gasteiger partial charge in [-0.05, 0) is 18.3 Å². The fraction of sp³-hybridized carbons (Fsp3) is 0.900. The Balaban J connectivity index is 1.93. The van der Waals surface area contributed by atoms with Gasteiger partial charge in [0, 0.05) is 12.6 Å². The number of ether oxygens (including phenoxy) is 1. The largest absolute Gasteiger partial charge is 0.468 e. The van der Waals surface area contributed by atoms with Crippen LogP contribution in [0, 0.1) is 5.41 Å². The molecule has 0 radical (unpaired) electrons. The first-order valence-electron chi connectivity index (χ1n) is 4.90. The molecule has 0 N–H and O–H groups in total. The highest BCUT2D eigenvalue weighted by molar-refractivity contribution is 5.76. The standard InChI is InChI=1S/C10H17NO2/c1-10(2)6-8(10)11-5-4-7(11)9(12)13-3/h7-8H,4-6H2,1-3H3. The third-order valence-electron chi connectivity index (χ3n) is 3.40. The Hall–Kier alpha value is -0.570. The van der Waals surface area contributed by atoms with Gasteiger partial charge in [-0.2, -0.15) is 0 Å². The maximum Gasteiger partial charge on any atom is 0.323 e. The summed E-state index contributed by atoms with van der Waals surface area (Å²) in [7, 11) is 1.47. The number of hydrogen-bond acceptors (Lipinski definition) is 3. The van der Waals surface area contributed by atoms with Gasteiger partial charge in [0.15, 0.2) is 0 Å². The van der Waals surface area contributed by atoms with Crippen LogP contribution in [0.15, 0.2) is 0 Å². The van der Waals surface area contributed by atoms with Crippen LogP contribution in [0.25, 0.3) is 0 Å².